The van der Waals surface area contributed by atoms with Crippen LogP contribution in [-0.2, 0) is 29.0 Å². The number of benzene rings is 2. The van der Waals surface area contributed by atoms with E-state index in [4.69, 9.17) is 4.74 Å². The highest BCUT2D eigenvalue weighted by Gasteiger charge is 2.24. The Morgan fingerprint density at radius 3 is 2.74 bits per heavy atom. The maximum atomic E-state index is 13.1. The number of aromatic nitrogens is 2. The van der Waals surface area contributed by atoms with Crippen molar-refractivity contribution in [2.24, 2.45) is 0 Å². The van der Waals surface area contributed by atoms with Gasteiger partial charge in [-0.1, -0.05) is 30.3 Å². The molecule has 0 atom stereocenters. The zero-order chi connectivity index (χ0) is 21.6. The summed E-state index contributed by atoms with van der Waals surface area (Å²) in [4.78, 5) is 28.7. The van der Waals surface area contributed by atoms with E-state index in [-0.39, 0.29) is 18.7 Å². The minimum absolute atomic E-state index is 0.0414. The van der Waals surface area contributed by atoms with Gasteiger partial charge in [0.25, 0.3) is 0 Å². The standard InChI is InChI=1S/C23H25N5O3/c1-31-16-28-21-9-8-19(13-18(21)7-10-22(28)29)25-23(30)27(15-20-11-12-24-26-20)14-17-5-3-2-4-6-17/h2-6,8-9,11-13H,7,10,14-16H2,1H3,(H,24,26)(H,25,30). The zero-order valence-corrected chi connectivity index (χ0v) is 17.4. The van der Waals surface area contributed by atoms with Crippen LogP contribution in [0.25, 0.3) is 0 Å². The van der Waals surface area contributed by atoms with Crippen molar-refractivity contribution >= 4 is 23.3 Å². The average Bonchev–Trinajstić information content (AvgIpc) is 3.29. The van der Waals surface area contributed by atoms with Crippen molar-refractivity contribution in [3.63, 3.8) is 0 Å². The van der Waals surface area contributed by atoms with Gasteiger partial charge in [-0.25, -0.2) is 4.79 Å². The van der Waals surface area contributed by atoms with Crippen LogP contribution in [0.3, 0.4) is 0 Å². The monoisotopic (exact) mass is 419 g/mol. The van der Waals surface area contributed by atoms with Crippen molar-refractivity contribution < 1.29 is 14.3 Å². The van der Waals surface area contributed by atoms with E-state index >= 15 is 0 Å². The summed E-state index contributed by atoms with van der Waals surface area (Å²) in [6.07, 6.45) is 2.73. The molecule has 0 saturated carbocycles. The third-order valence-corrected chi connectivity index (χ3v) is 5.21. The fraction of sp³-hybridized carbons (Fsp3) is 0.261. The van der Waals surface area contributed by atoms with E-state index in [1.807, 2.05) is 54.6 Å². The van der Waals surface area contributed by atoms with E-state index < -0.39 is 0 Å². The second kappa shape index (κ2) is 9.44. The number of methoxy groups -OCH3 is 1. The van der Waals surface area contributed by atoms with E-state index in [1.54, 1.807) is 23.1 Å². The van der Waals surface area contributed by atoms with Gasteiger partial charge < -0.3 is 15.0 Å². The molecule has 8 heteroatoms. The van der Waals surface area contributed by atoms with E-state index in [2.05, 4.69) is 15.5 Å². The Bertz CT molecular complexity index is 1040. The maximum absolute atomic E-state index is 13.1. The second-order valence-corrected chi connectivity index (χ2v) is 7.44. The van der Waals surface area contributed by atoms with Gasteiger partial charge in [0.1, 0.15) is 6.73 Å². The third kappa shape index (κ3) is 4.92. The van der Waals surface area contributed by atoms with Crippen LogP contribution in [0.1, 0.15) is 23.2 Å². The molecule has 0 fully saturated rings. The molecule has 2 N–H and O–H groups in total. The molecule has 31 heavy (non-hydrogen) atoms. The molecule has 2 heterocycles. The number of hydrogen-bond acceptors (Lipinski definition) is 4. The summed E-state index contributed by atoms with van der Waals surface area (Å²) in [5, 5.41) is 9.89. The number of anilines is 2. The van der Waals surface area contributed by atoms with E-state index in [0.29, 0.717) is 31.6 Å². The molecule has 0 saturated heterocycles. The van der Waals surface area contributed by atoms with Gasteiger partial charge in [-0.15, -0.1) is 0 Å². The molecule has 160 valence electrons. The Morgan fingerprint density at radius 1 is 1.16 bits per heavy atom. The molecule has 2 aromatic carbocycles. The number of hydrogen-bond donors (Lipinski definition) is 2. The molecule has 0 spiro atoms. The van der Waals surface area contributed by atoms with Crippen LogP contribution in [0.15, 0.2) is 60.8 Å². The Hall–Kier alpha value is -3.65. The number of urea groups is 1. The quantitative estimate of drug-likeness (QED) is 0.613. The summed E-state index contributed by atoms with van der Waals surface area (Å²) in [7, 11) is 1.57. The molecular formula is C23H25N5O3. The summed E-state index contributed by atoms with van der Waals surface area (Å²) in [6.45, 7) is 1.08. The molecule has 0 radical (unpaired) electrons. The van der Waals surface area contributed by atoms with Crippen LogP contribution >= 0.6 is 0 Å². The van der Waals surface area contributed by atoms with Crippen LogP contribution < -0.4 is 10.2 Å². The highest BCUT2D eigenvalue weighted by Crippen LogP contribution is 2.30. The second-order valence-electron chi connectivity index (χ2n) is 7.44. The smallest absolute Gasteiger partial charge is 0.322 e. The number of carbonyl (C=O) groups excluding carboxylic acids is 2. The summed E-state index contributed by atoms with van der Waals surface area (Å²) >= 11 is 0. The summed E-state index contributed by atoms with van der Waals surface area (Å²) in [6, 6.07) is 17.1. The average molecular weight is 419 g/mol. The number of nitrogens with zero attached hydrogens (tertiary/aromatic N) is 3. The SMILES string of the molecule is COCN1C(=O)CCc2cc(NC(=O)N(Cc3ccccc3)Cc3ccn[nH]3)ccc21. The first-order valence-corrected chi connectivity index (χ1v) is 10.1. The Kier molecular flexibility index (Phi) is 6.28. The predicted octanol–water partition coefficient (Wildman–Crippen LogP) is 3.53. The third-order valence-electron chi connectivity index (χ3n) is 5.21. The minimum atomic E-state index is -0.209. The highest BCUT2D eigenvalue weighted by molar-refractivity contribution is 5.97. The van der Waals surface area contributed by atoms with Crippen molar-refractivity contribution in [3.8, 4) is 0 Å². The van der Waals surface area contributed by atoms with Crippen molar-refractivity contribution in [3.05, 3.63) is 77.6 Å². The van der Waals surface area contributed by atoms with Crippen molar-refractivity contribution in [2.45, 2.75) is 25.9 Å². The number of amides is 3. The molecular weight excluding hydrogens is 394 g/mol. The number of aromatic amines is 1. The molecule has 1 aromatic heterocycles. The Balaban J connectivity index is 1.52. The number of rotatable bonds is 7. The molecule has 4 rings (SSSR count). The highest BCUT2D eigenvalue weighted by atomic mass is 16.5. The number of fused-ring (bicyclic) bond motifs is 1. The molecule has 0 unspecified atom stereocenters. The molecule has 3 aromatic rings. The van der Waals surface area contributed by atoms with Gasteiger partial charge in [-0.3, -0.25) is 14.8 Å². The van der Waals surface area contributed by atoms with E-state index in [1.165, 1.54) is 0 Å². The van der Waals surface area contributed by atoms with Gasteiger partial charge in [-0.2, -0.15) is 5.10 Å². The van der Waals surface area contributed by atoms with Gasteiger partial charge in [0.15, 0.2) is 0 Å². The maximum Gasteiger partial charge on any atom is 0.322 e. The number of ether oxygens (including phenoxy) is 1. The Labute approximate surface area is 180 Å². The van der Waals surface area contributed by atoms with Gasteiger partial charge in [0.05, 0.1) is 12.2 Å². The van der Waals surface area contributed by atoms with Gasteiger partial charge in [0.2, 0.25) is 5.91 Å². The fourth-order valence-corrected chi connectivity index (χ4v) is 3.69. The normalized spacial score (nSPS) is 13.1. The van der Waals surface area contributed by atoms with Gasteiger partial charge in [0, 0.05) is 37.6 Å². The van der Waals surface area contributed by atoms with Gasteiger partial charge >= 0.3 is 6.03 Å². The lowest BCUT2D eigenvalue weighted by atomic mass is 10.0. The van der Waals surface area contributed by atoms with E-state index in [0.717, 1.165) is 22.5 Å². The largest absolute Gasteiger partial charge is 0.364 e. The van der Waals surface area contributed by atoms with Crippen LogP contribution in [0.2, 0.25) is 0 Å². The topological polar surface area (TPSA) is 90.6 Å². The predicted molar refractivity (Wildman–Crippen MR) is 117 cm³/mol. The molecule has 8 nitrogen and oxygen atoms in total. The molecule has 0 aliphatic carbocycles. The fourth-order valence-electron chi connectivity index (χ4n) is 3.69. The Morgan fingerprint density at radius 2 is 2.00 bits per heavy atom. The van der Waals surface area contributed by atoms with Crippen LogP contribution in [0, 0.1) is 0 Å². The number of carbonyl (C=O) groups is 2. The van der Waals surface area contributed by atoms with Crippen molar-refractivity contribution in [1.82, 2.24) is 15.1 Å². The lowest BCUT2D eigenvalue weighted by Crippen LogP contribution is -2.37. The van der Waals surface area contributed by atoms with Crippen molar-refractivity contribution in [2.75, 3.05) is 24.1 Å². The first-order chi connectivity index (χ1) is 15.1. The van der Waals surface area contributed by atoms with Crippen molar-refractivity contribution in [1.29, 1.82) is 0 Å². The van der Waals surface area contributed by atoms with Crippen LogP contribution in [0.5, 0.6) is 0 Å². The molecule has 1 aliphatic heterocycles. The minimum Gasteiger partial charge on any atom is -0.364 e. The molecule has 0 bridgehead atoms. The first-order valence-electron chi connectivity index (χ1n) is 10.1. The van der Waals surface area contributed by atoms with Gasteiger partial charge in [-0.05, 0) is 41.8 Å². The summed E-state index contributed by atoms with van der Waals surface area (Å²) in [5.74, 6) is 0.0414. The lowest BCUT2D eigenvalue weighted by molar-refractivity contribution is -0.119. The van der Waals surface area contributed by atoms with Crippen LogP contribution in [0.4, 0.5) is 16.2 Å². The number of H-pyrrole nitrogens is 1. The van der Waals surface area contributed by atoms with Crippen LogP contribution in [-0.4, -0.2) is 40.9 Å². The number of aryl methyl sites for hydroxylation is 1. The molecule has 3 amide bonds. The first kappa shape index (κ1) is 20.6. The summed E-state index contributed by atoms with van der Waals surface area (Å²) < 4.78 is 5.16. The molecule has 1 aliphatic rings. The number of nitrogens with one attached hydrogen (secondary N) is 2. The lowest BCUT2D eigenvalue weighted by Gasteiger charge is -2.29. The zero-order valence-electron chi connectivity index (χ0n) is 17.4. The van der Waals surface area contributed by atoms with E-state index in [9.17, 15) is 9.59 Å². The summed E-state index contributed by atoms with van der Waals surface area (Å²) in [5.41, 5.74) is 4.42.